The van der Waals surface area contributed by atoms with Crippen LogP contribution in [0.3, 0.4) is 0 Å². The number of carbonyl (C=O) groups is 1. The fourth-order valence-corrected chi connectivity index (χ4v) is 2.36. The molecule has 0 radical (unpaired) electrons. The van der Waals surface area contributed by atoms with Crippen molar-refractivity contribution in [2.24, 2.45) is 0 Å². The normalized spacial score (nSPS) is 15.3. The molecule has 1 aromatic carbocycles. The first-order valence-electron chi connectivity index (χ1n) is 7.18. The van der Waals surface area contributed by atoms with Gasteiger partial charge in [-0.15, -0.1) is 12.4 Å². The van der Waals surface area contributed by atoms with E-state index in [4.69, 9.17) is 0 Å². The highest BCUT2D eigenvalue weighted by Gasteiger charge is 2.09. The molecule has 1 saturated heterocycles. The van der Waals surface area contributed by atoms with Crippen molar-refractivity contribution in [3.63, 3.8) is 0 Å². The lowest BCUT2D eigenvalue weighted by Gasteiger charge is -2.27. The predicted octanol–water partition coefficient (Wildman–Crippen LogP) is 1.20. The number of amides is 1. The van der Waals surface area contributed by atoms with Crippen LogP contribution in [0.4, 0.5) is 4.39 Å². The first-order chi connectivity index (χ1) is 9.74. The van der Waals surface area contributed by atoms with E-state index in [-0.39, 0.29) is 30.6 Å². The SMILES string of the molecule is Cl.O=C(Cc1cccc(F)c1)NCCCN1CCNCC1. The lowest BCUT2D eigenvalue weighted by Crippen LogP contribution is -2.44. The summed E-state index contributed by atoms with van der Waals surface area (Å²) in [5.41, 5.74) is 0.713. The van der Waals surface area contributed by atoms with E-state index in [0.29, 0.717) is 12.1 Å². The first-order valence-corrected chi connectivity index (χ1v) is 7.18. The van der Waals surface area contributed by atoms with Crippen molar-refractivity contribution in [3.8, 4) is 0 Å². The smallest absolute Gasteiger partial charge is 0.224 e. The molecular formula is C15H23ClFN3O. The molecule has 0 aliphatic carbocycles. The van der Waals surface area contributed by atoms with Gasteiger partial charge in [0, 0.05) is 32.7 Å². The number of hydrogen-bond donors (Lipinski definition) is 2. The van der Waals surface area contributed by atoms with Crippen LogP contribution < -0.4 is 10.6 Å². The number of nitrogens with one attached hydrogen (secondary N) is 2. The quantitative estimate of drug-likeness (QED) is 0.775. The van der Waals surface area contributed by atoms with Gasteiger partial charge in [-0.1, -0.05) is 12.1 Å². The van der Waals surface area contributed by atoms with Gasteiger partial charge in [0.05, 0.1) is 6.42 Å². The molecule has 0 atom stereocenters. The van der Waals surface area contributed by atoms with Gasteiger partial charge >= 0.3 is 0 Å². The highest BCUT2D eigenvalue weighted by Crippen LogP contribution is 2.04. The number of nitrogens with zero attached hydrogens (tertiary/aromatic N) is 1. The molecule has 0 aromatic heterocycles. The van der Waals surface area contributed by atoms with Gasteiger partial charge in [-0.3, -0.25) is 4.79 Å². The van der Waals surface area contributed by atoms with Gasteiger partial charge < -0.3 is 15.5 Å². The van der Waals surface area contributed by atoms with E-state index in [2.05, 4.69) is 15.5 Å². The molecule has 1 fully saturated rings. The zero-order chi connectivity index (χ0) is 14.2. The number of hydrogen-bond acceptors (Lipinski definition) is 3. The van der Waals surface area contributed by atoms with E-state index in [1.54, 1.807) is 12.1 Å². The summed E-state index contributed by atoms with van der Waals surface area (Å²) in [6, 6.07) is 6.18. The molecule has 4 nitrogen and oxygen atoms in total. The van der Waals surface area contributed by atoms with Crippen LogP contribution in [0.2, 0.25) is 0 Å². The number of halogens is 2. The Morgan fingerprint density at radius 1 is 1.33 bits per heavy atom. The monoisotopic (exact) mass is 315 g/mol. The van der Waals surface area contributed by atoms with Crippen molar-refractivity contribution in [1.29, 1.82) is 0 Å². The minimum Gasteiger partial charge on any atom is -0.356 e. The van der Waals surface area contributed by atoms with Crippen molar-refractivity contribution in [3.05, 3.63) is 35.6 Å². The van der Waals surface area contributed by atoms with Gasteiger partial charge in [0.25, 0.3) is 0 Å². The fraction of sp³-hybridized carbons (Fsp3) is 0.533. The highest BCUT2D eigenvalue weighted by molar-refractivity contribution is 5.85. The Labute approximate surface area is 131 Å². The second-order valence-corrected chi connectivity index (χ2v) is 5.10. The summed E-state index contributed by atoms with van der Waals surface area (Å²) in [7, 11) is 0. The third kappa shape index (κ3) is 6.89. The molecule has 6 heteroatoms. The van der Waals surface area contributed by atoms with Crippen LogP contribution >= 0.6 is 12.4 Å². The number of rotatable bonds is 6. The molecular weight excluding hydrogens is 293 g/mol. The Morgan fingerprint density at radius 3 is 2.81 bits per heavy atom. The van der Waals surface area contributed by atoms with Gasteiger partial charge in [-0.25, -0.2) is 4.39 Å². The van der Waals surface area contributed by atoms with Crippen LogP contribution in [0.25, 0.3) is 0 Å². The zero-order valence-electron chi connectivity index (χ0n) is 12.1. The van der Waals surface area contributed by atoms with Gasteiger partial charge in [0.15, 0.2) is 0 Å². The third-order valence-electron chi connectivity index (χ3n) is 3.44. The van der Waals surface area contributed by atoms with Crippen molar-refractivity contribution >= 4 is 18.3 Å². The highest BCUT2D eigenvalue weighted by atomic mass is 35.5. The molecule has 1 amide bonds. The van der Waals surface area contributed by atoms with Crippen LogP contribution in [-0.4, -0.2) is 50.1 Å². The minimum absolute atomic E-state index is 0. The number of benzene rings is 1. The largest absolute Gasteiger partial charge is 0.356 e. The standard InChI is InChI=1S/C15H22FN3O.ClH/c16-14-4-1-3-13(11-14)12-15(20)18-5-2-8-19-9-6-17-7-10-19;/h1,3-4,11,17H,2,5-10,12H2,(H,18,20);1H. The Morgan fingerprint density at radius 2 is 2.10 bits per heavy atom. The molecule has 2 rings (SSSR count). The predicted molar refractivity (Wildman–Crippen MR) is 84.3 cm³/mol. The van der Waals surface area contributed by atoms with E-state index < -0.39 is 0 Å². The van der Waals surface area contributed by atoms with Gasteiger partial charge in [-0.05, 0) is 30.7 Å². The Kier molecular flexibility index (Phi) is 8.27. The maximum atomic E-state index is 13.0. The topological polar surface area (TPSA) is 44.4 Å². The number of piperazine rings is 1. The molecule has 0 bridgehead atoms. The van der Waals surface area contributed by atoms with Gasteiger partial charge in [-0.2, -0.15) is 0 Å². The molecule has 0 unspecified atom stereocenters. The zero-order valence-corrected chi connectivity index (χ0v) is 12.9. The van der Waals surface area contributed by atoms with E-state index in [0.717, 1.165) is 39.1 Å². The first kappa shape index (κ1) is 17.9. The van der Waals surface area contributed by atoms with Gasteiger partial charge in [0.2, 0.25) is 5.91 Å². The fourth-order valence-electron chi connectivity index (χ4n) is 2.36. The Bertz CT molecular complexity index is 439. The van der Waals surface area contributed by atoms with E-state index >= 15 is 0 Å². The van der Waals surface area contributed by atoms with Crippen LogP contribution in [0.15, 0.2) is 24.3 Å². The van der Waals surface area contributed by atoms with Crippen LogP contribution in [0, 0.1) is 5.82 Å². The lowest BCUT2D eigenvalue weighted by molar-refractivity contribution is -0.120. The molecule has 1 aliphatic heterocycles. The third-order valence-corrected chi connectivity index (χ3v) is 3.44. The molecule has 0 saturated carbocycles. The summed E-state index contributed by atoms with van der Waals surface area (Å²) < 4.78 is 13.0. The lowest BCUT2D eigenvalue weighted by atomic mass is 10.1. The number of carbonyl (C=O) groups excluding carboxylic acids is 1. The van der Waals surface area contributed by atoms with Crippen molar-refractivity contribution in [1.82, 2.24) is 15.5 Å². The molecule has 1 aliphatic rings. The molecule has 0 spiro atoms. The molecule has 1 heterocycles. The van der Waals surface area contributed by atoms with Crippen molar-refractivity contribution in [2.45, 2.75) is 12.8 Å². The molecule has 118 valence electrons. The molecule has 2 N–H and O–H groups in total. The second-order valence-electron chi connectivity index (χ2n) is 5.10. The van der Waals surface area contributed by atoms with Crippen LogP contribution in [0.5, 0.6) is 0 Å². The summed E-state index contributed by atoms with van der Waals surface area (Å²) >= 11 is 0. The van der Waals surface area contributed by atoms with E-state index in [9.17, 15) is 9.18 Å². The summed E-state index contributed by atoms with van der Waals surface area (Å²) in [5.74, 6) is -0.343. The van der Waals surface area contributed by atoms with Crippen LogP contribution in [-0.2, 0) is 11.2 Å². The second kappa shape index (κ2) is 9.71. The molecule has 21 heavy (non-hydrogen) atoms. The maximum absolute atomic E-state index is 13.0. The summed E-state index contributed by atoms with van der Waals surface area (Å²) in [6.07, 6.45) is 1.19. The summed E-state index contributed by atoms with van der Waals surface area (Å²) in [4.78, 5) is 14.1. The van der Waals surface area contributed by atoms with E-state index in [1.807, 2.05) is 0 Å². The van der Waals surface area contributed by atoms with Crippen LogP contribution in [0.1, 0.15) is 12.0 Å². The Balaban J connectivity index is 0.00000220. The minimum atomic E-state index is -0.297. The van der Waals surface area contributed by atoms with Gasteiger partial charge in [0.1, 0.15) is 5.82 Å². The maximum Gasteiger partial charge on any atom is 0.224 e. The average Bonchev–Trinajstić information content (AvgIpc) is 2.45. The summed E-state index contributed by atoms with van der Waals surface area (Å²) in [5, 5.41) is 6.20. The molecule has 1 aromatic rings. The average molecular weight is 316 g/mol. The Hall–Kier alpha value is -1.17. The van der Waals surface area contributed by atoms with E-state index in [1.165, 1.54) is 12.1 Å². The summed E-state index contributed by atoms with van der Waals surface area (Å²) in [6.45, 7) is 5.95. The van der Waals surface area contributed by atoms with Crippen molar-refractivity contribution in [2.75, 3.05) is 39.3 Å². The van der Waals surface area contributed by atoms with Crippen molar-refractivity contribution < 1.29 is 9.18 Å².